The first-order chi connectivity index (χ1) is 8.37. The fourth-order valence-electron chi connectivity index (χ4n) is 1.94. The number of allylic oxidation sites excluding steroid dienone is 2. The van der Waals surface area contributed by atoms with Crippen molar-refractivity contribution in [3.8, 4) is 6.07 Å². The molecule has 94 valence electrons. The molecular weight excluding hydrogens is 316 g/mol. The predicted octanol–water partition coefficient (Wildman–Crippen LogP) is 2.33. The van der Waals surface area contributed by atoms with Gasteiger partial charge >= 0.3 is 0 Å². The van der Waals surface area contributed by atoms with E-state index in [1.165, 1.54) is 6.08 Å². The zero-order chi connectivity index (χ0) is 13.4. The summed E-state index contributed by atoms with van der Waals surface area (Å²) in [5.74, 6) is -0.0168. The molecule has 0 aromatic carbocycles. The minimum atomic E-state index is -3.40. The van der Waals surface area contributed by atoms with Crippen LogP contribution in [0.5, 0.6) is 0 Å². The van der Waals surface area contributed by atoms with Crippen LogP contribution in [0.2, 0.25) is 0 Å². The maximum atomic E-state index is 11.7. The molecule has 0 fully saturated rings. The van der Waals surface area contributed by atoms with E-state index >= 15 is 0 Å². The van der Waals surface area contributed by atoms with Gasteiger partial charge in [-0.05, 0) is 40.6 Å². The predicted molar refractivity (Wildman–Crippen MR) is 71.4 cm³/mol. The topological polar surface area (TPSA) is 70.8 Å². The van der Waals surface area contributed by atoms with Crippen molar-refractivity contribution in [1.82, 2.24) is 4.98 Å². The first-order valence-corrected chi connectivity index (χ1v) is 7.81. The smallest absolute Gasteiger partial charge is 0.188 e. The molecule has 1 aliphatic rings. The molecule has 2 rings (SSSR count). The van der Waals surface area contributed by atoms with E-state index in [9.17, 15) is 8.42 Å². The van der Waals surface area contributed by atoms with Crippen molar-refractivity contribution in [2.45, 2.75) is 18.8 Å². The summed E-state index contributed by atoms with van der Waals surface area (Å²) < 4.78 is 24.1. The van der Waals surface area contributed by atoms with Crippen molar-refractivity contribution in [1.29, 1.82) is 5.26 Å². The molecule has 0 bridgehead atoms. The molecule has 0 aliphatic carbocycles. The Kier molecular flexibility index (Phi) is 3.30. The van der Waals surface area contributed by atoms with Crippen LogP contribution < -0.4 is 0 Å². The molecular formula is C12H11BrN2O2S. The average Bonchev–Trinajstić information content (AvgIpc) is 2.32. The largest absolute Gasteiger partial charge is 0.245 e. The lowest BCUT2D eigenvalue weighted by atomic mass is 9.83. The first-order valence-electron chi connectivity index (χ1n) is 5.36. The summed E-state index contributed by atoms with van der Waals surface area (Å²) >= 11 is 3.29. The number of hydrogen-bond donors (Lipinski definition) is 0. The Labute approximate surface area is 114 Å². The summed E-state index contributed by atoms with van der Waals surface area (Å²) in [5.41, 5.74) is 0.250. The standard InChI is InChI=1S/C12H11BrN2O2S/c1-12(10-3-2-4-11(13)15-10)5-6-18(16,17)9(7-12)8-14/h2-4,7H,5-6H2,1H3. The monoisotopic (exact) mass is 326 g/mol. The van der Waals surface area contributed by atoms with Gasteiger partial charge in [0.2, 0.25) is 0 Å². The van der Waals surface area contributed by atoms with E-state index in [1.807, 2.05) is 19.1 Å². The van der Waals surface area contributed by atoms with E-state index in [4.69, 9.17) is 5.26 Å². The third-order valence-electron chi connectivity index (χ3n) is 3.09. The quantitative estimate of drug-likeness (QED) is 0.742. The second kappa shape index (κ2) is 4.48. The third-order valence-corrected chi connectivity index (χ3v) is 5.15. The summed E-state index contributed by atoms with van der Waals surface area (Å²) in [4.78, 5) is 4.20. The maximum Gasteiger partial charge on any atom is 0.188 e. The highest BCUT2D eigenvalue weighted by Gasteiger charge is 2.36. The zero-order valence-corrected chi connectivity index (χ0v) is 12.1. The van der Waals surface area contributed by atoms with Gasteiger partial charge in [-0.2, -0.15) is 5.26 Å². The molecule has 1 unspecified atom stereocenters. The van der Waals surface area contributed by atoms with E-state index in [-0.39, 0.29) is 10.7 Å². The van der Waals surface area contributed by atoms with E-state index < -0.39 is 15.3 Å². The number of rotatable bonds is 1. The van der Waals surface area contributed by atoms with Crippen molar-refractivity contribution in [3.05, 3.63) is 39.5 Å². The summed E-state index contributed by atoms with van der Waals surface area (Å²) in [6.45, 7) is 1.90. The number of halogens is 1. The summed E-state index contributed by atoms with van der Waals surface area (Å²) in [6.07, 6.45) is 1.95. The molecule has 2 heterocycles. The molecule has 1 atom stereocenters. The van der Waals surface area contributed by atoms with Crippen molar-refractivity contribution < 1.29 is 8.42 Å². The zero-order valence-electron chi connectivity index (χ0n) is 9.72. The van der Waals surface area contributed by atoms with Crippen LogP contribution in [0.4, 0.5) is 0 Å². The van der Waals surface area contributed by atoms with Gasteiger partial charge in [0.15, 0.2) is 9.84 Å². The van der Waals surface area contributed by atoms with Gasteiger partial charge in [-0.15, -0.1) is 0 Å². The van der Waals surface area contributed by atoms with Crippen LogP contribution in [0.1, 0.15) is 19.0 Å². The molecule has 4 nitrogen and oxygen atoms in total. The number of hydrogen-bond acceptors (Lipinski definition) is 4. The van der Waals surface area contributed by atoms with Crippen LogP contribution in [0.25, 0.3) is 0 Å². The van der Waals surface area contributed by atoms with Gasteiger partial charge < -0.3 is 0 Å². The lowest BCUT2D eigenvalue weighted by molar-refractivity contribution is 0.528. The average molecular weight is 327 g/mol. The van der Waals surface area contributed by atoms with Crippen molar-refractivity contribution in [2.75, 3.05) is 5.75 Å². The first kappa shape index (κ1) is 13.2. The molecule has 18 heavy (non-hydrogen) atoms. The Morgan fingerprint density at radius 1 is 1.50 bits per heavy atom. The molecule has 1 aromatic rings. The number of sulfone groups is 1. The molecule has 0 N–H and O–H groups in total. The molecule has 0 radical (unpaired) electrons. The summed E-state index contributed by atoms with van der Waals surface area (Å²) in [5, 5.41) is 8.93. The van der Waals surface area contributed by atoms with E-state index in [2.05, 4.69) is 20.9 Å². The molecule has 0 saturated carbocycles. The number of aromatic nitrogens is 1. The molecule has 0 saturated heterocycles. The van der Waals surface area contributed by atoms with Crippen LogP contribution in [0.3, 0.4) is 0 Å². The van der Waals surface area contributed by atoms with Gasteiger partial charge in [-0.25, -0.2) is 13.4 Å². The van der Waals surface area contributed by atoms with Gasteiger partial charge in [0.25, 0.3) is 0 Å². The maximum absolute atomic E-state index is 11.7. The van der Waals surface area contributed by atoms with E-state index in [1.54, 1.807) is 12.1 Å². The van der Waals surface area contributed by atoms with Crippen LogP contribution in [-0.2, 0) is 15.3 Å². The van der Waals surface area contributed by atoms with Crippen molar-refractivity contribution >= 4 is 25.8 Å². The van der Waals surface area contributed by atoms with E-state index in [0.717, 1.165) is 5.69 Å². The van der Waals surface area contributed by atoms with Crippen molar-refractivity contribution in [3.63, 3.8) is 0 Å². The van der Waals surface area contributed by atoms with Gasteiger partial charge in [-0.1, -0.05) is 13.0 Å². The van der Waals surface area contributed by atoms with Crippen LogP contribution in [-0.4, -0.2) is 19.2 Å². The van der Waals surface area contributed by atoms with Crippen molar-refractivity contribution in [2.24, 2.45) is 0 Å². The minimum Gasteiger partial charge on any atom is -0.245 e. The summed E-state index contributed by atoms with van der Waals surface area (Å²) in [7, 11) is -3.40. The van der Waals surface area contributed by atoms with Crippen LogP contribution >= 0.6 is 15.9 Å². The highest BCUT2D eigenvalue weighted by atomic mass is 79.9. The molecule has 6 heteroatoms. The normalized spacial score (nSPS) is 26.2. The Bertz CT molecular complexity index is 661. The fourth-order valence-corrected chi connectivity index (χ4v) is 3.77. The molecule has 1 aromatic heterocycles. The molecule has 0 amide bonds. The lowest BCUT2D eigenvalue weighted by Crippen LogP contribution is -2.30. The molecule has 0 spiro atoms. The SMILES string of the molecule is CC1(c2cccc(Br)n2)C=C(C#N)S(=O)(=O)CC1. The second-order valence-electron chi connectivity index (χ2n) is 4.45. The van der Waals surface area contributed by atoms with Crippen LogP contribution in [0, 0.1) is 11.3 Å². The fraction of sp³-hybridized carbons (Fsp3) is 0.333. The highest BCUT2D eigenvalue weighted by molar-refractivity contribution is 9.10. The van der Waals surface area contributed by atoms with Gasteiger partial charge in [-0.3, -0.25) is 0 Å². The highest BCUT2D eigenvalue weighted by Crippen LogP contribution is 2.35. The Hall–Kier alpha value is -1.19. The Balaban J connectivity index is 2.55. The van der Waals surface area contributed by atoms with E-state index in [0.29, 0.717) is 11.0 Å². The summed E-state index contributed by atoms with van der Waals surface area (Å²) in [6, 6.07) is 7.26. The lowest BCUT2D eigenvalue weighted by Gasteiger charge is -2.29. The van der Waals surface area contributed by atoms with Gasteiger partial charge in [0.1, 0.15) is 15.6 Å². The second-order valence-corrected chi connectivity index (χ2v) is 7.34. The van der Waals surface area contributed by atoms with Crippen LogP contribution in [0.15, 0.2) is 33.8 Å². The number of pyridine rings is 1. The molecule has 1 aliphatic heterocycles. The van der Waals surface area contributed by atoms with Gasteiger partial charge in [0.05, 0.1) is 11.4 Å². The number of nitrogens with zero attached hydrogens (tertiary/aromatic N) is 2. The minimum absolute atomic E-state index is 0.0168. The Morgan fingerprint density at radius 3 is 2.83 bits per heavy atom. The number of nitriles is 1. The Morgan fingerprint density at radius 2 is 2.22 bits per heavy atom. The van der Waals surface area contributed by atoms with Gasteiger partial charge in [0, 0.05) is 5.41 Å². The third kappa shape index (κ3) is 2.33.